The highest BCUT2D eigenvalue weighted by atomic mass is 19.4. The Kier molecular flexibility index (Phi) is 26.8. The van der Waals surface area contributed by atoms with Gasteiger partial charge in [-0.3, -0.25) is 9.59 Å². The van der Waals surface area contributed by atoms with E-state index in [2.05, 4.69) is 18.9 Å². The molecule has 32 heteroatoms. The molecule has 8 unspecified atom stereocenters. The third kappa shape index (κ3) is 18.6. The Balaban J connectivity index is 0.000000353. The van der Waals surface area contributed by atoms with Gasteiger partial charge in [-0.2, -0.15) is 70.2 Å². The second-order valence-corrected chi connectivity index (χ2v) is 26.5. The van der Waals surface area contributed by atoms with Crippen molar-refractivity contribution in [3.63, 3.8) is 0 Å². The molecule has 0 saturated carbocycles. The number of aliphatic hydroxyl groups is 4. The zero-order valence-electron chi connectivity index (χ0n) is 57.4. The number of hydrogen-bond donors (Lipinski definition) is 4. The summed E-state index contributed by atoms with van der Waals surface area (Å²) in [6.07, 6.45) is -18.4. The van der Waals surface area contributed by atoms with Crippen LogP contribution in [0.1, 0.15) is 196 Å². The fourth-order valence-corrected chi connectivity index (χ4v) is 8.35. The number of benzene rings is 4. The molecule has 2 aliphatic heterocycles. The summed E-state index contributed by atoms with van der Waals surface area (Å²) in [4.78, 5) is 60.6. The molecule has 0 amide bonds. The van der Waals surface area contributed by atoms with Crippen molar-refractivity contribution in [1.29, 1.82) is 0 Å². The molecule has 562 valence electrons. The zero-order valence-corrected chi connectivity index (χ0v) is 57.4. The number of halogens is 16. The van der Waals surface area contributed by atoms with Crippen molar-refractivity contribution >= 4 is 29.8 Å². The maximum atomic E-state index is 14.3. The van der Waals surface area contributed by atoms with E-state index in [0.717, 1.165) is 56.9 Å². The highest BCUT2D eigenvalue weighted by Crippen LogP contribution is 2.56. The molecule has 0 aromatic heterocycles. The molecule has 4 aromatic rings. The van der Waals surface area contributed by atoms with Crippen LogP contribution in [-0.2, 0) is 38.9 Å². The minimum absolute atomic E-state index is 0.0457. The van der Waals surface area contributed by atoms with Gasteiger partial charge in [-0.15, -0.1) is 0 Å². The second kappa shape index (κ2) is 30.8. The fourth-order valence-electron chi connectivity index (χ4n) is 8.35. The number of ether oxygens (including phenoxy) is 7. The van der Waals surface area contributed by atoms with E-state index in [9.17, 15) is 115 Å². The van der Waals surface area contributed by atoms with E-state index < -0.39 is 130 Å². The van der Waals surface area contributed by atoms with Gasteiger partial charge in [-0.05, 0) is 184 Å². The van der Waals surface area contributed by atoms with E-state index in [1.54, 1.807) is 58.9 Å². The third-order valence-corrected chi connectivity index (χ3v) is 17.8. The molecule has 0 radical (unpaired) electrons. The molecule has 0 aliphatic carbocycles. The first-order chi connectivity index (χ1) is 45.0. The van der Waals surface area contributed by atoms with Gasteiger partial charge in [0.25, 0.3) is 0 Å². The molecule has 2 aliphatic rings. The number of esters is 5. The number of hydrogen-bond acceptors (Lipinski definition) is 16. The molecule has 4 N–H and O–H groups in total. The predicted octanol–water partition coefficient (Wildman–Crippen LogP) is 16.1. The predicted molar refractivity (Wildman–Crippen MR) is 326 cm³/mol. The standard InChI is InChI=1S/C19H21F5O6.C19H25F3O5.C17H19F5O4.C13H17F3O/c1-5-15(2,3)14(26)29-12-8-6-11(7-9-12)13(25)30-16(4)10-28-18(27,17(16,20)21)19(22,23)24;1-7-16(2,3)15(24)26-13-10-8-12(9-11-13)14(23)27-17(4,5)18(6,25)19(20,21)22;1-4-10(2)11-5-7-12(8-6-11)13(23)26-14(3)9-25-16(24,15(14,18)19)17(20,21)22;1-4-9(2)10-5-7-11(8-6-10)12(3,17)13(14,15)16/h6-9,27H,5,10H2,1-4H3;8-11,25H,7H2,1-6H3;5-8,10,24H,4,9H2,1-3H3;5-9,17H,4H2,1-3H3. The van der Waals surface area contributed by atoms with Crippen molar-refractivity contribution in [3.05, 3.63) is 130 Å². The van der Waals surface area contributed by atoms with E-state index in [1.165, 1.54) is 60.7 Å². The normalized spacial score (nSPS) is 22.6. The smallest absolute Gasteiger partial charge is 0.449 e. The topological polar surface area (TPSA) is 231 Å². The molecular weight excluding hydrogens is 1380 g/mol. The van der Waals surface area contributed by atoms with Gasteiger partial charge in [0.1, 0.15) is 17.1 Å². The summed E-state index contributed by atoms with van der Waals surface area (Å²) < 4.78 is 243. The molecule has 16 nitrogen and oxygen atoms in total. The summed E-state index contributed by atoms with van der Waals surface area (Å²) in [5.74, 6) is -23.2. The molecule has 4 aromatic carbocycles. The van der Waals surface area contributed by atoms with Gasteiger partial charge in [0.15, 0.2) is 11.2 Å². The van der Waals surface area contributed by atoms with Crippen LogP contribution in [-0.4, -0.2) is 134 Å². The molecule has 2 fully saturated rings. The van der Waals surface area contributed by atoms with Crippen LogP contribution >= 0.6 is 0 Å². The van der Waals surface area contributed by atoms with Crippen LogP contribution in [0.5, 0.6) is 11.5 Å². The largest absolute Gasteiger partial charge is 0.453 e. The lowest BCUT2D eigenvalue weighted by molar-refractivity contribution is -0.409. The van der Waals surface area contributed by atoms with Crippen LogP contribution in [0.25, 0.3) is 0 Å². The van der Waals surface area contributed by atoms with Crippen LogP contribution in [0.4, 0.5) is 70.2 Å². The van der Waals surface area contributed by atoms with Crippen molar-refractivity contribution in [2.24, 2.45) is 10.8 Å². The highest BCUT2D eigenvalue weighted by molar-refractivity contribution is 5.91. The van der Waals surface area contributed by atoms with Crippen molar-refractivity contribution in [2.75, 3.05) is 13.2 Å². The number of alkyl halides is 16. The molecule has 0 bridgehead atoms. The first kappa shape index (κ1) is 87.1. The highest BCUT2D eigenvalue weighted by Gasteiger charge is 2.84. The summed E-state index contributed by atoms with van der Waals surface area (Å²) in [6, 6.07) is 21.7. The Morgan fingerprint density at radius 2 is 0.760 bits per heavy atom. The Hall–Kier alpha value is -7.13. The lowest BCUT2D eigenvalue weighted by Gasteiger charge is -2.40. The lowest BCUT2D eigenvalue weighted by atomic mass is 9.86. The maximum absolute atomic E-state index is 14.3. The monoisotopic (exact) mass is 1460 g/mol. The summed E-state index contributed by atoms with van der Waals surface area (Å²) in [7, 11) is 0. The SMILES string of the molecule is CCC(C)(C)C(=O)Oc1ccc(C(=O)OC(C)(C)C(C)(O)C(F)(F)F)cc1.CCC(C)(C)C(=O)Oc1ccc(C(=O)OC2(C)COC(O)(C(F)(F)F)C2(F)F)cc1.CCC(C)c1ccc(C(=O)OC2(C)COC(O)(C(F)(F)F)C2(F)F)cc1.CCC(C)c1ccc(C(C)(O)C(F)(F)F)cc1. The van der Waals surface area contributed by atoms with Gasteiger partial charge in [-0.25, -0.2) is 14.4 Å². The molecule has 2 heterocycles. The van der Waals surface area contributed by atoms with Crippen molar-refractivity contribution in [1.82, 2.24) is 0 Å². The van der Waals surface area contributed by atoms with Gasteiger partial charge in [-0.1, -0.05) is 77.9 Å². The van der Waals surface area contributed by atoms with Crippen LogP contribution in [0.2, 0.25) is 0 Å². The average Bonchev–Trinajstić information content (AvgIpc) is 1.55. The average molecular weight is 1460 g/mol. The second-order valence-electron chi connectivity index (χ2n) is 26.5. The summed E-state index contributed by atoms with van der Waals surface area (Å²) in [5.41, 5.74) is -14.4. The van der Waals surface area contributed by atoms with Gasteiger partial charge < -0.3 is 53.6 Å². The Morgan fingerprint density at radius 3 is 1.02 bits per heavy atom. The van der Waals surface area contributed by atoms with E-state index in [0.29, 0.717) is 39.5 Å². The lowest BCUT2D eigenvalue weighted by Crippen LogP contribution is -2.63. The van der Waals surface area contributed by atoms with Crippen molar-refractivity contribution in [2.45, 2.75) is 224 Å². The zero-order chi connectivity index (χ0) is 77.7. The van der Waals surface area contributed by atoms with E-state index in [-0.39, 0.29) is 39.7 Å². The first-order valence-corrected chi connectivity index (χ1v) is 30.8. The van der Waals surface area contributed by atoms with Gasteiger partial charge in [0.05, 0.1) is 40.7 Å². The molecule has 0 spiro atoms. The van der Waals surface area contributed by atoms with E-state index >= 15 is 0 Å². The van der Waals surface area contributed by atoms with E-state index in [1.807, 2.05) is 34.6 Å². The van der Waals surface area contributed by atoms with Crippen LogP contribution < -0.4 is 9.47 Å². The van der Waals surface area contributed by atoms with Crippen LogP contribution in [0.3, 0.4) is 0 Å². The quantitative estimate of drug-likeness (QED) is 0.0314. The minimum atomic E-state index is -5.82. The van der Waals surface area contributed by atoms with Gasteiger partial charge in [0.2, 0.25) is 11.2 Å². The van der Waals surface area contributed by atoms with Gasteiger partial charge in [0, 0.05) is 0 Å². The van der Waals surface area contributed by atoms with E-state index in [4.69, 9.17) is 14.2 Å². The van der Waals surface area contributed by atoms with Crippen molar-refractivity contribution in [3.8, 4) is 11.5 Å². The van der Waals surface area contributed by atoms with Gasteiger partial charge >= 0.3 is 78.0 Å². The molecule has 2 saturated heterocycles. The Labute approximate surface area is 566 Å². The Morgan fingerprint density at radius 1 is 0.470 bits per heavy atom. The minimum Gasteiger partial charge on any atom is -0.453 e. The molecule has 6 rings (SSSR count). The molecular formula is C68H82F16O16. The molecule has 100 heavy (non-hydrogen) atoms. The van der Waals surface area contributed by atoms with Crippen molar-refractivity contribution < 1.29 is 148 Å². The molecule has 8 atom stereocenters. The summed E-state index contributed by atoms with van der Waals surface area (Å²) >= 11 is 0. The van der Waals surface area contributed by atoms with Crippen LogP contribution in [0.15, 0.2) is 97.1 Å². The van der Waals surface area contributed by atoms with Crippen LogP contribution in [0, 0.1) is 10.8 Å². The first-order valence-electron chi connectivity index (χ1n) is 30.8. The third-order valence-electron chi connectivity index (χ3n) is 17.8. The maximum Gasteiger partial charge on any atom is 0.449 e. The number of carbonyl (C=O) groups excluding carboxylic acids is 5. The summed E-state index contributed by atoms with van der Waals surface area (Å²) in [6.45, 7) is 20.1. The number of rotatable bonds is 18. The fraction of sp³-hybridized carbons (Fsp3) is 0.574. The number of carbonyl (C=O) groups is 5. The summed E-state index contributed by atoms with van der Waals surface area (Å²) in [5, 5.41) is 37.9. The Bertz CT molecular complexity index is 3440.